The van der Waals surface area contributed by atoms with Crippen molar-refractivity contribution in [1.29, 1.82) is 5.26 Å². The van der Waals surface area contributed by atoms with E-state index in [9.17, 15) is 0 Å². The third kappa shape index (κ3) is 3.78. The second kappa shape index (κ2) is 6.89. The topological polar surface area (TPSA) is 45.0 Å². The fourth-order valence-electron chi connectivity index (χ4n) is 1.29. The lowest BCUT2D eigenvalue weighted by Gasteiger charge is -2.09. The first-order valence-electron chi connectivity index (χ1n) is 4.78. The number of hydrogen-bond donors (Lipinski definition) is 1. The molecule has 0 amide bonds. The van der Waals surface area contributed by atoms with Gasteiger partial charge in [0.25, 0.3) is 0 Å². The Kier molecular flexibility index (Phi) is 5.81. The lowest BCUT2D eigenvalue weighted by atomic mass is 10.2. The van der Waals surface area contributed by atoms with Crippen molar-refractivity contribution in [3.8, 4) is 11.8 Å². The smallest absolute Gasteiger partial charge is 0.147 e. The molecule has 0 heterocycles. The molecular formula is C11H12Br2N2O. The van der Waals surface area contributed by atoms with Crippen molar-refractivity contribution >= 4 is 31.9 Å². The molecule has 0 atom stereocenters. The SMILES string of the molecule is COc1c(Br)cc(CNCCC#N)cc1Br. The summed E-state index contributed by atoms with van der Waals surface area (Å²) in [5.74, 6) is 0.792. The molecule has 0 aliphatic carbocycles. The second-order valence-electron chi connectivity index (χ2n) is 3.18. The zero-order valence-corrected chi connectivity index (χ0v) is 12.1. The molecule has 5 heteroatoms. The van der Waals surface area contributed by atoms with Crippen molar-refractivity contribution in [3.63, 3.8) is 0 Å². The lowest BCUT2D eigenvalue weighted by Crippen LogP contribution is -2.14. The summed E-state index contributed by atoms with van der Waals surface area (Å²) in [7, 11) is 1.63. The number of ether oxygens (including phenoxy) is 1. The molecule has 1 aromatic rings. The van der Waals surface area contributed by atoms with E-state index < -0.39 is 0 Å². The molecule has 86 valence electrons. The number of benzene rings is 1. The molecule has 0 bridgehead atoms. The average Bonchev–Trinajstić information content (AvgIpc) is 2.24. The number of halogens is 2. The van der Waals surface area contributed by atoms with Crippen molar-refractivity contribution in [2.24, 2.45) is 0 Å². The molecule has 0 saturated carbocycles. The van der Waals surface area contributed by atoms with Crippen LogP contribution in [0, 0.1) is 11.3 Å². The Hall–Kier alpha value is -0.570. The Balaban J connectivity index is 2.65. The van der Waals surface area contributed by atoms with Crippen LogP contribution in [-0.4, -0.2) is 13.7 Å². The average molecular weight is 348 g/mol. The fourth-order valence-corrected chi connectivity index (χ4v) is 2.89. The molecule has 1 aromatic carbocycles. The highest BCUT2D eigenvalue weighted by Gasteiger charge is 2.07. The molecule has 0 saturated heterocycles. The lowest BCUT2D eigenvalue weighted by molar-refractivity contribution is 0.409. The molecule has 3 nitrogen and oxygen atoms in total. The zero-order chi connectivity index (χ0) is 12.0. The van der Waals surface area contributed by atoms with E-state index in [-0.39, 0.29) is 0 Å². The molecule has 0 spiro atoms. The van der Waals surface area contributed by atoms with E-state index in [1.807, 2.05) is 12.1 Å². The number of nitriles is 1. The van der Waals surface area contributed by atoms with Gasteiger partial charge in [0.15, 0.2) is 0 Å². The first kappa shape index (κ1) is 13.5. The van der Waals surface area contributed by atoms with Gasteiger partial charge in [-0.25, -0.2) is 0 Å². The maximum Gasteiger partial charge on any atom is 0.147 e. The van der Waals surface area contributed by atoms with Crippen LogP contribution in [0.5, 0.6) is 5.75 Å². The molecule has 0 unspecified atom stereocenters. The van der Waals surface area contributed by atoms with Gasteiger partial charge < -0.3 is 10.1 Å². The third-order valence-electron chi connectivity index (χ3n) is 2.00. The van der Waals surface area contributed by atoms with Crippen LogP contribution in [0.25, 0.3) is 0 Å². The van der Waals surface area contributed by atoms with E-state index >= 15 is 0 Å². The number of nitrogens with zero attached hydrogens (tertiary/aromatic N) is 1. The molecule has 1 N–H and O–H groups in total. The van der Waals surface area contributed by atoms with Crippen LogP contribution < -0.4 is 10.1 Å². The Morgan fingerprint density at radius 1 is 1.38 bits per heavy atom. The standard InChI is InChI=1S/C11H12Br2N2O/c1-16-11-9(12)5-8(6-10(11)13)7-15-4-2-3-14/h5-6,15H,2,4,7H2,1H3. The molecule has 0 aliphatic heterocycles. The summed E-state index contributed by atoms with van der Waals surface area (Å²) in [6, 6.07) is 6.10. The van der Waals surface area contributed by atoms with E-state index in [1.165, 1.54) is 0 Å². The van der Waals surface area contributed by atoms with Crippen LogP contribution >= 0.6 is 31.9 Å². The van der Waals surface area contributed by atoms with Crippen molar-refractivity contribution in [3.05, 3.63) is 26.6 Å². The van der Waals surface area contributed by atoms with Gasteiger partial charge >= 0.3 is 0 Å². The molecule has 0 aliphatic rings. The Bertz CT molecular complexity index is 378. The van der Waals surface area contributed by atoms with Gasteiger partial charge in [0.1, 0.15) is 5.75 Å². The van der Waals surface area contributed by atoms with E-state index in [2.05, 4.69) is 43.2 Å². The van der Waals surface area contributed by atoms with E-state index in [1.54, 1.807) is 7.11 Å². The molecule has 0 aromatic heterocycles. The van der Waals surface area contributed by atoms with Gasteiger partial charge in [0.05, 0.1) is 22.1 Å². The fraction of sp³-hybridized carbons (Fsp3) is 0.364. The van der Waals surface area contributed by atoms with E-state index in [0.717, 1.165) is 26.8 Å². The molecule has 0 fully saturated rings. The maximum absolute atomic E-state index is 8.40. The normalized spacial score (nSPS) is 9.88. The number of methoxy groups -OCH3 is 1. The van der Waals surface area contributed by atoms with Crippen molar-refractivity contribution in [2.45, 2.75) is 13.0 Å². The number of nitrogens with one attached hydrogen (secondary N) is 1. The van der Waals surface area contributed by atoms with Gasteiger partial charge in [-0.2, -0.15) is 5.26 Å². The summed E-state index contributed by atoms with van der Waals surface area (Å²) in [4.78, 5) is 0. The van der Waals surface area contributed by atoms with Gasteiger partial charge in [-0.05, 0) is 49.6 Å². The van der Waals surface area contributed by atoms with Crippen molar-refractivity contribution in [1.82, 2.24) is 5.32 Å². The van der Waals surface area contributed by atoms with E-state index in [4.69, 9.17) is 10.00 Å². The quantitative estimate of drug-likeness (QED) is 0.832. The predicted molar refractivity (Wildman–Crippen MR) is 70.3 cm³/mol. The van der Waals surface area contributed by atoms with Crippen LogP contribution in [0.1, 0.15) is 12.0 Å². The largest absolute Gasteiger partial charge is 0.494 e. The summed E-state index contributed by atoms with van der Waals surface area (Å²) < 4.78 is 7.05. The minimum atomic E-state index is 0.526. The highest BCUT2D eigenvalue weighted by molar-refractivity contribution is 9.11. The summed E-state index contributed by atoms with van der Waals surface area (Å²) in [6.45, 7) is 1.45. The van der Waals surface area contributed by atoms with Crippen LogP contribution in [0.3, 0.4) is 0 Å². The number of hydrogen-bond acceptors (Lipinski definition) is 3. The Morgan fingerprint density at radius 2 is 2.00 bits per heavy atom. The minimum absolute atomic E-state index is 0.526. The van der Waals surface area contributed by atoms with E-state index in [0.29, 0.717) is 13.0 Å². The highest BCUT2D eigenvalue weighted by atomic mass is 79.9. The minimum Gasteiger partial charge on any atom is -0.494 e. The van der Waals surface area contributed by atoms with Crippen LogP contribution in [0.2, 0.25) is 0 Å². The summed E-state index contributed by atoms with van der Waals surface area (Å²) in [6.07, 6.45) is 0.526. The Labute approximate surface area is 112 Å². The maximum atomic E-state index is 8.40. The van der Waals surface area contributed by atoms with Gasteiger partial charge in [-0.15, -0.1) is 0 Å². The molecule has 0 radical (unpaired) electrons. The van der Waals surface area contributed by atoms with Crippen LogP contribution in [0.15, 0.2) is 21.1 Å². The van der Waals surface area contributed by atoms with Crippen molar-refractivity contribution < 1.29 is 4.74 Å². The molecule has 1 rings (SSSR count). The first-order valence-corrected chi connectivity index (χ1v) is 6.37. The molecular weight excluding hydrogens is 336 g/mol. The number of rotatable bonds is 5. The summed E-state index contributed by atoms with van der Waals surface area (Å²) in [5.41, 5.74) is 1.14. The second-order valence-corrected chi connectivity index (χ2v) is 4.89. The zero-order valence-electron chi connectivity index (χ0n) is 8.89. The Morgan fingerprint density at radius 3 is 2.50 bits per heavy atom. The van der Waals surface area contributed by atoms with Gasteiger partial charge in [0, 0.05) is 19.5 Å². The van der Waals surface area contributed by atoms with Crippen LogP contribution in [-0.2, 0) is 6.54 Å². The molecule has 16 heavy (non-hydrogen) atoms. The van der Waals surface area contributed by atoms with Gasteiger partial charge in [-0.3, -0.25) is 0 Å². The highest BCUT2D eigenvalue weighted by Crippen LogP contribution is 2.34. The summed E-state index contributed by atoms with van der Waals surface area (Å²) in [5, 5.41) is 11.6. The monoisotopic (exact) mass is 346 g/mol. The van der Waals surface area contributed by atoms with Crippen LogP contribution in [0.4, 0.5) is 0 Å². The first-order chi connectivity index (χ1) is 7.69. The summed E-state index contributed by atoms with van der Waals surface area (Å²) >= 11 is 6.89. The third-order valence-corrected chi connectivity index (χ3v) is 3.18. The van der Waals surface area contributed by atoms with Gasteiger partial charge in [0.2, 0.25) is 0 Å². The predicted octanol–water partition coefficient (Wildman–Crippen LogP) is 3.22. The van der Waals surface area contributed by atoms with Gasteiger partial charge in [-0.1, -0.05) is 0 Å². The van der Waals surface area contributed by atoms with Crippen molar-refractivity contribution in [2.75, 3.05) is 13.7 Å².